The SMILES string of the molecule is CC(CC(N)=O)NC(=O)NC(CC(N)=O)C(=O)O. The van der Waals surface area contributed by atoms with E-state index >= 15 is 0 Å². The molecule has 102 valence electrons. The summed E-state index contributed by atoms with van der Waals surface area (Å²) in [4.78, 5) is 43.2. The number of carbonyl (C=O) groups is 4. The van der Waals surface area contributed by atoms with Crippen LogP contribution in [0.2, 0.25) is 0 Å². The van der Waals surface area contributed by atoms with Gasteiger partial charge in [-0.2, -0.15) is 0 Å². The summed E-state index contributed by atoms with van der Waals surface area (Å²) in [6.07, 6.45) is -0.603. The molecule has 0 aromatic rings. The summed E-state index contributed by atoms with van der Waals surface area (Å²) in [6, 6.07) is -2.79. The molecule has 0 aliphatic heterocycles. The molecule has 18 heavy (non-hydrogen) atoms. The predicted octanol–water partition coefficient (Wildman–Crippen LogP) is -2.12. The molecule has 0 aliphatic rings. The van der Waals surface area contributed by atoms with E-state index in [0.29, 0.717) is 0 Å². The number of nitrogens with two attached hydrogens (primary N) is 2. The van der Waals surface area contributed by atoms with E-state index in [1.54, 1.807) is 0 Å². The minimum Gasteiger partial charge on any atom is -0.480 e. The van der Waals surface area contributed by atoms with Gasteiger partial charge < -0.3 is 27.2 Å². The zero-order chi connectivity index (χ0) is 14.3. The van der Waals surface area contributed by atoms with Crippen LogP contribution in [0.3, 0.4) is 0 Å². The van der Waals surface area contributed by atoms with Crippen LogP contribution in [0.5, 0.6) is 0 Å². The third-order valence-electron chi connectivity index (χ3n) is 1.89. The van der Waals surface area contributed by atoms with Crippen LogP contribution in [0.4, 0.5) is 4.79 Å². The van der Waals surface area contributed by atoms with Crippen LogP contribution in [-0.2, 0) is 14.4 Å². The number of aliphatic carboxylic acids is 1. The van der Waals surface area contributed by atoms with Crippen LogP contribution in [0, 0.1) is 0 Å². The minimum atomic E-state index is -1.41. The molecule has 0 fully saturated rings. The fourth-order valence-electron chi connectivity index (χ4n) is 1.18. The second-order valence-corrected chi connectivity index (χ2v) is 3.75. The van der Waals surface area contributed by atoms with E-state index in [-0.39, 0.29) is 6.42 Å². The Hall–Kier alpha value is -2.32. The van der Waals surface area contributed by atoms with Gasteiger partial charge in [-0.15, -0.1) is 0 Å². The molecule has 0 aromatic carbocycles. The number of nitrogens with one attached hydrogen (secondary N) is 2. The van der Waals surface area contributed by atoms with Crippen molar-refractivity contribution in [3.8, 4) is 0 Å². The van der Waals surface area contributed by atoms with Crippen LogP contribution in [-0.4, -0.2) is 41.0 Å². The molecular formula is C9H16N4O5. The molecule has 0 aromatic heterocycles. The quantitative estimate of drug-likeness (QED) is 0.352. The molecule has 2 atom stereocenters. The first-order valence-corrected chi connectivity index (χ1v) is 5.08. The van der Waals surface area contributed by atoms with Crippen LogP contribution in [0.1, 0.15) is 19.8 Å². The van der Waals surface area contributed by atoms with Gasteiger partial charge in [0, 0.05) is 12.5 Å². The highest BCUT2D eigenvalue weighted by atomic mass is 16.4. The van der Waals surface area contributed by atoms with Crippen LogP contribution in [0.15, 0.2) is 0 Å². The Morgan fingerprint density at radius 3 is 1.94 bits per heavy atom. The van der Waals surface area contributed by atoms with Crippen molar-refractivity contribution in [3.05, 3.63) is 0 Å². The summed E-state index contributed by atoms with van der Waals surface area (Å²) < 4.78 is 0. The monoisotopic (exact) mass is 260 g/mol. The van der Waals surface area contributed by atoms with Crippen molar-refractivity contribution in [1.82, 2.24) is 10.6 Å². The van der Waals surface area contributed by atoms with Crippen molar-refractivity contribution in [2.75, 3.05) is 0 Å². The molecule has 2 unspecified atom stereocenters. The zero-order valence-corrected chi connectivity index (χ0v) is 9.80. The second kappa shape index (κ2) is 7.09. The van der Waals surface area contributed by atoms with Gasteiger partial charge in [-0.3, -0.25) is 9.59 Å². The van der Waals surface area contributed by atoms with Crippen LogP contribution >= 0.6 is 0 Å². The number of carboxylic acid groups (broad SMARTS) is 1. The Bertz CT molecular complexity index is 357. The topological polar surface area (TPSA) is 165 Å². The number of primary amides is 2. The van der Waals surface area contributed by atoms with E-state index in [0.717, 1.165) is 0 Å². The first kappa shape index (κ1) is 15.7. The maximum Gasteiger partial charge on any atom is 0.326 e. The van der Waals surface area contributed by atoms with E-state index in [2.05, 4.69) is 5.32 Å². The molecule has 7 N–H and O–H groups in total. The highest BCUT2D eigenvalue weighted by molar-refractivity contribution is 5.87. The lowest BCUT2D eigenvalue weighted by molar-refractivity contribution is -0.140. The number of carboxylic acids is 1. The number of rotatable bonds is 7. The Morgan fingerprint density at radius 1 is 1.06 bits per heavy atom. The van der Waals surface area contributed by atoms with E-state index in [1.807, 2.05) is 5.32 Å². The van der Waals surface area contributed by atoms with Crippen molar-refractivity contribution >= 4 is 23.8 Å². The minimum absolute atomic E-state index is 0.0824. The van der Waals surface area contributed by atoms with Gasteiger partial charge in [-0.05, 0) is 6.92 Å². The number of urea groups is 1. The first-order chi connectivity index (χ1) is 8.22. The van der Waals surface area contributed by atoms with Crippen molar-refractivity contribution in [2.24, 2.45) is 11.5 Å². The van der Waals surface area contributed by atoms with E-state index in [1.165, 1.54) is 6.92 Å². The average Bonchev–Trinajstić information content (AvgIpc) is 2.13. The summed E-state index contributed by atoms with van der Waals surface area (Å²) in [6.45, 7) is 1.52. The summed E-state index contributed by atoms with van der Waals surface area (Å²) in [5, 5.41) is 13.1. The molecule has 9 heteroatoms. The molecule has 9 nitrogen and oxygen atoms in total. The lowest BCUT2D eigenvalue weighted by atomic mass is 10.2. The van der Waals surface area contributed by atoms with Gasteiger partial charge in [0.2, 0.25) is 11.8 Å². The normalized spacial score (nSPS) is 13.2. The fourth-order valence-corrected chi connectivity index (χ4v) is 1.18. The largest absolute Gasteiger partial charge is 0.480 e. The van der Waals surface area contributed by atoms with Gasteiger partial charge >= 0.3 is 12.0 Å². The second-order valence-electron chi connectivity index (χ2n) is 3.75. The number of hydrogen-bond donors (Lipinski definition) is 5. The molecule has 0 aliphatic carbocycles. The highest BCUT2D eigenvalue weighted by Gasteiger charge is 2.22. The number of carbonyl (C=O) groups excluding carboxylic acids is 3. The molecule has 0 spiro atoms. The van der Waals surface area contributed by atoms with E-state index in [9.17, 15) is 19.2 Å². The molecule has 0 saturated heterocycles. The van der Waals surface area contributed by atoms with E-state index in [4.69, 9.17) is 16.6 Å². The summed E-state index contributed by atoms with van der Waals surface area (Å²) >= 11 is 0. The number of amides is 4. The number of hydrogen-bond acceptors (Lipinski definition) is 4. The van der Waals surface area contributed by atoms with Crippen molar-refractivity contribution in [2.45, 2.75) is 31.8 Å². The van der Waals surface area contributed by atoms with Gasteiger partial charge in [0.15, 0.2) is 0 Å². The van der Waals surface area contributed by atoms with Crippen LogP contribution < -0.4 is 22.1 Å². The molecule has 0 saturated carbocycles. The smallest absolute Gasteiger partial charge is 0.326 e. The van der Waals surface area contributed by atoms with Gasteiger partial charge in [0.05, 0.1) is 6.42 Å². The van der Waals surface area contributed by atoms with Crippen molar-refractivity contribution in [3.63, 3.8) is 0 Å². The lowest BCUT2D eigenvalue weighted by Gasteiger charge is -2.16. The molecule has 0 bridgehead atoms. The van der Waals surface area contributed by atoms with Crippen molar-refractivity contribution < 1.29 is 24.3 Å². The van der Waals surface area contributed by atoms with Gasteiger partial charge in [-0.25, -0.2) is 9.59 Å². The van der Waals surface area contributed by atoms with E-state index < -0.39 is 42.3 Å². The van der Waals surface area contributed by atoms with Gasteiger partial charge in [0.1, 0.15) is 6.04 Å². The predicted molar refractivity (Wildman–Crippen MR) is 60.2 cm³/mol. The fraction of sp³-hybridized carbons (Fsp3) is 0.556. The molecule has 0 radical (unpaired) electrons. The third kappa shape index (κ3) is 7.04. The maximum absolute atomic E-state index is 11.3. The molecule has 0 rings (SSSR count). The third-order valence-corrected chi connectivity index (χ3v) is 1.89. The van der Waals surface area contributed by atoms with Crippen LogP contribution in [0.25, 0.3) is 0 Å². The Labute approximate surface area is 103 Å². The van der Waals surface area contributed by atoms with Gasteiger partial charge in [0.25, 0.3) is 0 Å². The lowest BCUT2D eigenvalue weighted by Crippen LogP contribution is -2.50. The molecule has 4 amide bonds. The Balaban J connectivity index is 4.29. The molecule has 0 heterocycles. The summed E-state index contributed by atoms with van der Waals surface area (Å²) in [7, 11) is 0. The van der Waals surface area contributed by atoms with Crippen molar-refractivity contribution in [1.29, 1.82) is 0 Å². The maximum atomic E-state index is 11.3. The standard InChI is InChI=1S/C9H16N4O5/c1-4(2-6(10)14)12-9(18)13-5(8(16)17)3-7(11)15/h4-5H,2-3H2,1H3,(H2,10,14)(H2,11,15)(H,16,17)(H2,12,13,18). The van der Waals surface area contributed by atoms with Gasteiger partial charge in [-0.1, -0.05) is 0 Å². The summed E-state index contributed by atoms with van der Waals surface area (Å²) in [5.41, 5.74) is 9.76. The Kier molecular flexibility index (Phi) is 6.18. The first-order valence-electron chi connectivity index (χ1n) is 5.08. The zero-order valence-electron chi connectivity index (χ0n) is 9.80. The Morgan fingerprint density at radius 2 is 1.56 bits per heavy atom. The average molecular weight is 260 g/mol. The summed E-state index contributed by atoms with van der Waals surface area (Å²) in [5.74, 6) is -2.84. The highest BCUT2D eigenvalue weighted by Crippen LogP contribution is 1.93. The molecular weight excluding hydrogens is 244 g/mol.